The fourth-order valence-electron chi connectivity index (χ4n) is 2.71. The van der Waals surface area contributed by atoms with Gasteiger partial charge in [0, 0.05) is 12.7 Å². The predicted molar refractivity (Wildman–Crippen MR) is 85.9 cm³/mol. The highest BCUT2D eigenvalue weighted by Crippen LogP contribution is 2.30. The largest absolute Gasteiger partial charge is 0.497 e. The van der Waals surface area contributed by atoms with Crippen molar-refractivity contribution < 1.29 is 19.1 Å². The van der Waals surface area contributed by atoms with Crippen LogP contribution in [0.3, 0.4) is 0 Å². The number of hydrogen-bond donors (Lipinski definition) is 1. The molecule has 1 N–H and O–H groups in total. The van der Waals surface area contributed by atoms with Crippen LogP contribution in [-0.2, 0) is 6.54 Å². The van der Waals surface area contributed by atoms with Crippen LogP contribution in [0.1, 0.15) is 21.6 Å². The lowest BCUT2D eigenvalue weighted by Gasteiger charge is -2.08. The first-order valence-corrected chi connectivity index (χ1v) is 7.20. The van der Waals surface area contributed by atoms with E-state index in [1.165, 1.54) is 0 Å². The number of aromatic carboxylic acids is 1. The first kappa shape index (κ1) is 15.0. The van der Waals surface area contributed by atoms with Gasteiger partial charge in [0.05, 0.1) is 18.9 Å². The number of ether oxygens (including phenoxy) is 1. The van der Waals surface area contributed by atoms with E-state index in [1.54, 1.807) is 30.1 Å². The van der Waals surface area contributed by atoms with E-state index >= 15 is 0 Å². The quantitative estimate of drug-likeness (QED) is 0.778. The van der Waals surface area contributed by atoms with Gasteiger partial charge in [-0.1, -0.05) is 12.1 Å². The van der Waals surface area contributed by atoms with Gasteiger partial charge in [0.25, 0.3) is 0 Å². The standard InChI is InChI=1S/C18H17NO4/c1-12-10-19(11-13-5-7-14(22-2)8-6-13)17(18(20)21)16(12)15-4-3-9-23-15/h3-10H,11H2,1-2H3,(H,20,21). The minimum Gasteiger partial charge on any atom is -0.497 e. The molecule has 0 unspecified atom stereocenters. The zero-order chi connectivity index (χ0) is 16.4. The van der Waals surface area contributed by atoms with Crippen molar-refractivity contribution in [3.63, 3.8) is 0 Å². The maximum Gasteiger partial charge on any atom is 0.353 e. The van der Waals surface area contributed by atoms with Gasteiger partial charge in [-0.15, -0.1) is 0 Å². The Labute approximate surface area is 133 Å². The molecule has 0 radical (unpaired) electrons. The highest BCUT2D eigenvalue weighted by atomic mass is 16.5. The molecule has 0 spiro atoms. The lowest BCUT2D eigenvalue weighted by atomic mass is 10.1. The number of rotatable bonds is 5. The SMILES string of the molecule is COc1ccc(Cn2cc(C)c(-c3ccco3)c2C(=O)O)cc1. The minimum absolute atomic E-state index is 0.230. The monoisotopic (exact) mass is 311 g/mol. The number of benzene rings is 1. The summed E-state index contributed by atoms with van der Waals surface area (Å²) in [6, 6.07) is 11.1. The van der Waals surface area contributed by atoms with E-state index in [-0.39, 0.29) is 5.69 Å². The van der Waals surface area contributed by atoms with Crippen molar-refractivity contribution in [2.24, 2.45) is 0 Å². The number of carbonyl (C=O) groups is 1. The fourth-order valence-corrected chi connectivity index (χ4v) is 2.71. The normalized spacial score (nSPS) is 10.7. The van der Waals surface area contributed by atoms with Crippen molar-refractivity contribution in [2.75, 3.05) is 7.11 Å². The van der Waals surface area contributed by atoms with E-state index in [2.05, 4.69) is 0 Å². The Morgan fingerprint density at radius 2 is 2.00 bits per heavy atom. The summed E-state index contributed by atoms with van der Waals surface area (Å²) < 4.78 is 12.3. The molecule has 2 heterocycles. The van der Waals surface area contributed by atoms with Crippen LogP contribution in [0.25, 0.3) is 11.3 Å². The summed E-state index contributed by atoms with van der Waals surface area (Å²) in [6.07, 6.45) is 3.38. The van der Waals surface area contributed by atoms with Crippen LogP contribution in [-0.4, -0.2) is 22.8 Å². The van der Waals surface area contributed by atoms with Crippen molar-refractivity contribution in [3.8, 4) is 17.1 Å². The molecule has 3 rings (SSSR count). The fraction of sp³-hybridized carbons (Fsp3) is 0.167. The number of carboxylic acids is 1. The van der Waals surface area contributed by atoms with Crippen LogP contribution < -0.4 is 4.74 Å². The van der Waals surface area contributed by atoms with Gasteiger partial charge < -0.3 is 18.8 Å². The number of methoxy groups -OCH3 is 1. The second kappa shape index (κ2) is 6.04. The summed E-state index contributed by atoms with van der Waals surface area (Å²) in [7, 11) is 1.61. The molecule has 0 saturated carbocycles. The Balaban J connectivity index is 2.02. The van der Waals surface area contributed by atoms with Gasteiger partial charge in [0.15, 0.2) is 0 Å². The van der Waals surface area contributed by atoms with E-state index in [0.717, 1.165) is 16.9 Å². The number of aromatic nitrogens is 1. The van der Waals surface area contributed by atoms with E-state index in [0.29, 0.717) is 17.9 Å². The topological polar surface area (TPSA) is 64.6 Å². The Kier molecular flexibility index (Phi) is 3.93. The highest BCUT2D eigenvalue weighted by molar-refractivity contribution is 5.95. The summed E-state index contributed by atoms with van der Waals surface area (Å²) in [5.41, 5.74) is 2.71. The van der Waals surface area contributed by atoms with Gasteiger partial charge in [-0.3, -0.25) is 0 Å². The van der Waals surface area contributed by atoms with E-state index in [4.69, 9.17) is 9.15 Å². The summed E-state index contributed by atoms with van der Waals surface area (Å²) in [5, 5.41) is 9.64. The van der Waals surface area contributed by atoms with Crippen LogP contribution >= 0.6 is 0 Å². The van der Waals surface area contributed by atoms with Gasteiger partial charge in [-0.2, -0.15) is 0 Å². The maximum atomic E-state index is 11.8. The predicted octanol–water partition coefficient (Wildman–Crippen LogP) is 3.81. The molecule has 0 saturated heterocycles. The number of furan rings is 1. The number of aryl methyl sites for hydroxylation is 1. The third kappa shape index (κ3) is 2.85. The van der Waals surface area contributed by atoms with Crippen molar-refractivity contribution in [2.45, 2.75) is 13.5 Å². The second-order valence-corrected chi connectivity index (χ2v) is 5.29. The first-order chi connectivity index (χ1) is 11.1. The molecule has 0 aliphatic carbocycles. The van der Waals surface area contributed by atoms with Crippen LogP contribution in [0.5, 0.6) is 5.75 Å². The molecule has 0 bridgehead atoms. The van der Waals surface area contributed by atoms with Gasteiger partial charge in [-0.25, -0.2) is 4.79 Å². The summed E-state index contributed by atoms with van der Waals surface area (Å²) >= 11 is 0. The molecule has 0 aliphatic rings. The molecule has 0 aliphatic heterocycles. The van der Waals surface area contributed by atoms with Crippen LogP contribution in [0, 0.1) is 6.92 Å². The lowest BCUT2D eigenvalue weighted by Crippen LogP contribution is -2.09. The van der Waals surface area contributed by atoms with Gasteiger partial charge >= 0.3 is 5.97 Å². The lowest BCUT2D eigenvalue weighted by molar-refractivity contribution is 0.0686. The van der Waals surface area contributed by atoms with Crippen molar-refractivity contribution in [1.29, 1.82) is 0 Å². The number of nitrogens with zero attached hydrogens (tertiary/aromatic N) is 1. The zero-order valence-corrected chi connectivity index (χ0v) is 12.9. The molecule has 23 heavy (non-hydrogen) atoms. The Morgan fingerprint density at radius 1 is 1.26 bits per heavy atom. The first-order valence-electron chi connectivity index (χ1n) is 7.20. The van der Waals surface area contributed by atoms with Crippen LogP contribution in [0.4, 0.5) is 0 Å². The van der Waals surface area contributed by atoms with Gasteiger partial charge in [-0.05, 0) is 42.3 Å². The summed E-state index contributed by atoms with van der Waals surface area (Å²) in [6.45, 7) is 2.35. The Morgan fingerprint density at radius 3 is 2.57 bits per heavy atom. The van der Waals surface area contributed by atoms with Crippen LogP contribution in [0.2, 0.25) is 0 Å². The maximum absolute atomic E-state index is 11.8. The Hall–Kier alpha value is -2.95. The molecule has 0 fully saturated rings. The smallest absolute Gasteiger partial charge is 0.353 e. The average molecular weight is 311 g/mol. The molecule has 0 amide bonds. The van der Waals surface area contributed by atoms with E-state index in [1.807, 2.05) is 37.4 Å². The van der Waals surface area contributed by atoms with Gasteiger partial charge in [0.2, 0.25) is 0 Å². The molecule has 2 aromatic heterocycles. The average Bonchev–Trinajstić information content (AvgIpc) is 3.15. The van der Waals surface area contributed by atoms with Crippen molar-refractivity contribution >= 4 is 5.97 Å². The molecule has 5 heteroatoms. The van der Waals surface area contributed by atoms with Crippen molar-refractivity contribution in [1.82, 2.24) is 4.57 Å². The molecular weight excluding hydrogens is 294 g/mol. The summed E-state index contributed by atoms with van der Waals surface area (Å²) in [5.74, 6) is 0.360. The molecular formula is C18H17NO4. The van der Waals surface area contributed by atoms with Crippen molar-refractivity contribution in [3.05, 3.63) is 65.7 Å². The molecule has 1 aromatic carbocycles. The molecule has 5 nitrogen and oxygen atoms in total. The minimum atomic E-state index is -0.974. The van der Waals surface area contributed by atoms with E-state index < -0.39 is 5.97 Å². The highest BCUT2D eigenvalue weighted by Gasteiger charge is 2.22. The Bertz CT molecular complexity index is 814. The third-order valence-electron chi connectivity index (χ3n) is 3.75. The van der Waals surface area contributed by atoms with Crippen LogP contribution in [0.15, 0.2) is 53.3 Å². The molecule has 0 atom stereocenters. The number of carboxylic acid groups (broad SMARTS) is 1. The second-order valence-electron chi connectivity index (χ2n) is 5.29. The van der Waals surface area contributed by atoms with Gasteiger partial charge in [0.1, 0.15) is 17.2 Å². The van der Waals surface area contributed by atoms with E-state index in [9.17, 15) is 9.90 Å². The molecule has 118 valence electrons. The molecule has 3 aromatic rings. The summed E-state index contributed by atoms with van der Waals surface area (Å²) in [4.78, 5) is 11.8. The zero-order valence-electron chi connectivity index (χ0n) is 12.9. The third-order valence-corrected chi connectivity index (χ3v) is 3.75. The number of hydrogen-bond acceptors (Lipinski definition) is 3.